The number of aliphatic carboxylic acids is 1. The summed E-state index contributed by atoms with van der Waals surface area (Å²) in [4.78, 5) is 10.6. The number of rotatable bonds is 1. The first kappa shape index (κ1) is 8.78. The smallest absolute Gasteiger partial charge is 0.332 e. The van der Waals surface area contributed by atoms with Gasteiger partial charge in [-0.25, -0.2) is 4.79 Å². The Labute approximate surface area is 74.4 Å². The van der Waals surface area contributed by atoms with Gasteiger partial charge >= 0.3 is 5.97 Å². The van der Waals surface area contributed by atoms with Crippen molar-refractivity contribution in [2.45, 2.75) is 26.2 Å². The van der Waals surface area contributed by atoms with E-state index < -0.39 is 5.97 Å². The van der Waals surface area contributed by atoms with Gasteiger partial charge in [0, 0.05) is 10.1 Å². The first-order valence-corrected chi connectivity index (χ1v) is 4.51. The molecule has 62 valence electrons. The molecule has 0 heterocycles. The molecule has 3 heteroatoms. The van der Waals surface area contributed by atoms with Crippen LogP contribution in [0, 0.1) is 5.92 Å². The van der Waals surface area contributed by atoms with Crippen molar-refractivity contribution >= 4 is 21.9 Å². The normalized spacial score (nSPS) is 25.5. The minimum atomic E-state index is -0.774. The van der Waals surface area contributed by atoms with Gasteiger partial charge in [0.1, 0.15) is 0 Å². The number of carboxylic acids is 1. The summed E-state index contributed by atoms with van der Waals surface area (Å²) in [5.74, 6) is -0.156. The van der Waals surface area contributed by atoms with E-state index in [0.29, 0.717) is 17.9 Å². The van der Waals surface area contributed by atoms with Gasteiger partial charge in [0.2, 0.25) is 0 Å². The van der Waals surface area contributed by atoms with Gasteiger partial charge in [-0.3, -0.25) is 0 Å². The van der Waals surface area contributed by atoms with Crippen LogP contribution in [-0.4, -0.2) is 11.1 Å². The summed E-state index contributed by atoms with van der Waals surface area (Å²) in [7, 11) is 0. The summed E-state index contributed by atoms with van der Waals surface area (Å²) >= 11 is 3.29. The van der Waals surface area contributed by atoms with E-state index in [4.69, 9.17) is 5.11 Å². The lowest BCUT2D eigenvalue weighted by Gasteiger charge is -2.18. The van der Waals surface area contributed by atoms with Gasteiger partial charge in [0.25, 0.3) is 0 Å². The maximum absolute atomic E-state index is 10.6. The number of carboxylic acid groups (broad SMARTS) is 1. The fraction of sp³-hybridized carbons (Fsp3) is 0.625. The lowest BCUT2D eigenvalue weighted by atomic mass is 9.91. The fourth-order valence-electron chi connectivity index (χ4n) is 1.28. The van der Waals surface area contributed by atoms with E-state index in [1.54, 1.807) is 0 Å². The van der Waals surface area contributed by atoms with Crippen molar-refractivity contribution in [2.24, 2.45) is 5.92 Å². The zero-order valence-corrected chi connectivity index (χ0v) is 8.02. The third-order valence-electron chi connectivity index (χ3n) is 2.00. The zero-order chi connectivity index (χ0) is 8.43. The molecule has 0 saturated carbocycles. The van der Waals surface area contributed by atoms with Crippen LogP contribution >= 0.6 is 15.9 Å². The molecule has 2 nitrogen and oxygen atoms in total. The van der Waals surface area contributed by atoms with Crippen LogP contribution in [0.25, 0.3) is 0 Å². The van der Waals surface area contributed by atoms with E-state index in [1.807, 2.05) is 0 Å². The minimum Gasteiger partial charge on any atom is -0.478 e. The second kappa shape index (κ2) is 3.39. The lowest BCUT2D eigenvalue weighted by Crippen LogP contribution is -2.11. The molecule has 11 heavy (non-hydrogen) atoms. The maximum Gasteiger partial charge on any atom is 0.332 e. The second-order valence-electron chi connectivity index (χ2n) is 3.04. The molecule has 0 radical (unpaired) electrons. The highest BCUT2D eigenvalue weighted by Gasteiger charge is 2.20. The highest BCUT2D eigenvalue weighted by molar-refractivity contribution is 9.11. The molecule has 0 aromatic heterocycles. The molecule has 1 aliphatic rings. The van der Waals surface area contributed by atoms with Crippen LogP contribution in [0.1, 0.15) is 26.2 Å². The molecule has 1 rings (SSSR count). The Balaban J connectivity index is 2.78. The first-order valence-electron chi connectivity index (χ1n) is 3.72. The molecular formula is C8H11BrO2. The highest BCUT2D eigenvalue weighted by Crippen LogP contribution is 2.32. The Morgan fingerprint density at radius 1 is 1.73 bits per heavy atom. The van der Waals surface area contributed by atoms with E-state index in [1.165, 1.54) is 0 Å². The summed E-state index contributed by atoms with van der Waals surface area (Å²) in [6.07, 6.45) is 2.58. The summed E-state index contributed by atoms with van der Waals surface area (Å²) in [5.41, 5.74) is 0.558. The number of hydrogen-bond donors (Lipinski definition) is 1. The third-order valence-corrected chi connectivity index (χ3v) is 2.80. The van der Waals surface area contributed by atoms with Gasteiger partial charge < -0.3 is 5.11 Å². The van der Waals surface area contributed by atoms with E-state index in [2.05, 4.69) is 22.9 Å². The largest absolute Gasteiger partial charge is 0.478 e. The standard InChI is InChI=1S/C8H11BrO2/c1-5-2-3-6(8(10)11)7(9)4-5/h5H,2-4H2,1H3,(H,10,11)/t5-/m0/s1. The molecule has 0 aromatic rings. The van der Waals surface area contributed by atoms with Crippen LogP contribution in [0.5, 0.6) is 0 Å². The number of halogens is 1. The summed E-state index contributed by atoms with van der Waals surface area (Å²) in [5, 5.41) is 8.71. The predicted octanol–water partition coefficient (Wildman–Crippen LogP) is 2.54. The maximum atomic E-state index is 10.6. The Bertz CT molecular complexity index is 208. The summed E-state index contributed by atoms with van der Waals surface area (Å²) < 4.78 is 0.878. The molecule has 0 bridgehead atoms. The number of allylic oxidation sites excluding steroid dienone is 1. The van der Waals surface area contributed by atoms with Gasteiger partial charge in [0.05, 0.1) is 0 Å². The minimum absolute atomic E-state index is 0.558. The van der Waals surface area contributed by atoms with Crippen LogP contribution in [-0.2, 0) is 4.79 Å². The van der Waals surface area contributed by atoms with Crippen LogP contribution in [0.15, 0.2) is 10.1 Å². The average Bonchev–Trinajstić information content (AvgIpc) is 1.85. The SMILES string of the molecule is C[C@H]1CCC(C(=O)O)=C(Br)C1. The van der Waals surface area contributed by atoms with Crippen molar-refractivity contribution in [2.75, 3.05) is 0 Å². The van der Waals surface area contributed by atoms with Crippen molar-refractivity contribution in [1.82, 2.24) is 0 Å². The van der Waals surface area contributed by atoms with Gasteiger partial charge in [-0.1, -0.05) is 22.9 Å². The van der Waals surface area contributed by atoms with Crippen molar-refractivity contribution in [3.05, 3.63) is 10.1 Å². The molecule has 1 atom stereocenters. The van der Waals surface area contributed by atoms with E-state index >= 15 is 0 Å². The molecule has 0 saturated heterocycles. The quantitative estimate of drug-likeness (QED) is 0.735. The van der Waals surface area contributed by atoms with Crippen LogP contribution < -0.4 is 0 Å². The monoisotopic (exact) mass is 218 g/mol. The Hall–Kier alpha value is -0.310. The fourth-order valence-corrected chi connectivity index (χ4v) is 2.20. The molecule has 0 fully saturated rings. The summed E-state index contributed by atoms with van der Waals surface area (Å²) in [6, 6.07) is 0. The van der Waals surface area contributed by atoms with Crippen molar-refractivity contribution < 1.29 is 9.90 Å². The molecule has 0 unspecified atom stereocenters. The average molecular weight is 219 g/mol. The molecule has 0 aromatic carbocycles. The zero-order valence-electron chi connectivity index (χ0n) is 6.43. The Morgan fingerprint density at radius 3 is 2.82 bits per heavy atom. The Kier molecular flexibility index (Phi) is 2.71. The topological polar surface area (TPSA) is 37.3 Å². The second-order valence-corrected chi connectivity index (χ2v) is 3.99. The first-order chi connectivity index (χ1) is 5.11. The molecule has 1 aliphatic carbocycles. The van der Waals surface area contributed by atoms with Crippen molar-refractivity contribution in [1.29, 1.82) is 0 Å². The van der Waals surface area contributed by atoms with Crippen molar-refractivity contribution in [3.63, 3.8) is 0 Å². The van der Waals surface area contributed by atoms with Crippen LogP contribution in [0.2, 0.25) is 0 Å². The number of carbonyl (C=O) groups is 1. The van der Waals surface area contributed by atoms with Crippen molar-refractivity contribution in [3.8, 4) is 0 Å². The van der Waals surface area contributed by atoms with Gasteiger partial charge in [-0.05, 0) is 25.2 Å². The molecule has 0 spiro atoms. The highest BCUT2D eigenvalue weighted by atomic mass is 79.9. The summed E-state index contributed by atoms with van der Waals surface area (Å²) in [6.45, 7) is 2.14. The van der Waals surface area contributed by atoms with Gasteiger partial charge in [-0.15, -0.1) is 0 Å². The van der Waals surface area contributed by atoms with Crippen LogP contribution in [0.4, 0.5) is 0 Å². The lowest BCUT2D eigenvalue weighted by molar-refractivity contribution is -0.132. The molecule has 0 aliphatic heterocycles. The van der Waals surface area contributed by atoms with E-state index in [0.717, 1.165) is 17.3 Å². The molecule has 1 N–H and O–H groups in total. The van der Waals surface area contributed by atoms with E-state index in [9.17, 15) is 4.79 Å². The van der Waals surface area contributed by atoms with E-state index in [-0.39, 0.29) is 0 Å². The molecular weight excluding hydrogens is 208 g/mol. The number of hydrogen-bond acceptors (Lipinski definition) is 1. The predicted molar refractivity (Wildman–Crippen MR) is 46.6 cm³/mol. The third kappa shape index (κ3) is 2.06. The van der Waals surface area contributed by atoms with Gasteiger partial charge in [-0.2, -0.15) is 0 Å². The van der Waals surface area contributed by atoms with Gasteiger partial charge in [0.15, 0.2) is 0 Å². The molecule has 0 amide bonds. The van der Waals surface area contributed by atoms with Crippen LogP contribution in [0.3, 0.4) is 0 Å². The Morgan fingerprint density at radius 2 is 2.36 bits per heavy atom.